The van der Waals surface area contributed by atoms with E-state index in [4.69, 9.17) is 69.6 Å². The number of carbonyl (C=O) groups is 3. The van der Waals surface area contributed by atoms with Crippen LogP contribution in [0.25, 0.3) is 0 Å². The van der Waals surface area contributed by atoms with Crippen molar-refractivity contribution in [3.05, 3.63) is 95.9 Å². The van der Waals surface area contributed by atoms with Gasteiger partial charge in [0.05, 0.1) is 26.0 Å². The van der Waals surface area contributed by atoms with E-state index >= 15 is 0 Å². The topological polar surface area (TPSA) is 63.2 Å². The van der Waals surface area contributed by atoms with Gasteiger partial charge >= 0.3 is 0 Å². The lowest BCUT2D eigenvalue weighted by Crippen LogP contribution is -2.18. The van der Waals surface area contributed by atoms with E-state index in [0.29, 0.717) is 11.1 Å². The van der Waals surface area contributed by atoms with Crippen LogP contribution in [-0.4, -0.2) is 28.2 Å². The van der Waals surface area contributed by atoms with Gasteiger partial charge in [0.2, 0.25) is 11.7 Å². The molecular formula is C28H17Cl6F4NO3. The number of aryl methyl sites for hydroxylation is 1. The lowest BCUT2D eigenvalue weighted by Gasteiger charge is -2.13. The molecule has 0 spiro atoms. The van der Waals surface area contributed by atoms with Crippen LogP contribution in [-0.2, 0) is 22.4 Å². The molecule has 222 valence electrons. The number of Topliss-reactive ketones (excluding diaryl/α,β-unsaturated/α-hetero) is 2. The first-order valence-corrected chi connectivity index (χ1v) is 14.2. The Balaban J connectivity index is 1.57. The molecule has 42 heavy (non-hydrogen) atoms. The fourth-order valence-electron chi connectivity index (χ4n) is 4.55. The molecule has 1 saturated carbocycles. The van der Waals surface area contributed by atoms with E-state index in [2.05, 4.69) is 5.32 Å². The maximum Gasteiger partial charge on any atom is 0.296 e. The van der Waals surface area contributed by atoms with E-state index in [1.165, 1.54) is 31.2 Å². The van der Waals surface area contributed by atoms with Gasteiger partial charge in [0.1, 0.15) is 16.0 Å². The zero-order valence-corrected chi connectivity index (χ0v) is 25.7. The Kier molecular flexibility index (Phi) is 9.77. The average molecular weight is 704 g/mol. The van der Waals surface area contributed by atoms with Crippen LogP contribution in [0.4, 0.5) is 23.2 Å². The summed E-state index contributed by atoms with van der Waals surface area (Å²) >= 11 is 37.3. The Hall–Kier alpha value is -2.07. The highest BCUT2D eigenvalue weighted by molar-refractivity contribution is 6.54. The molecule has 4 nitrogen and oxygen atoms in total. The van der Waals surface area contributed by atoms with Gasteiger partial charge in [-0.25, -0.2) is 17.6 Å². The zero-order chi connectivity index (χ0) is 31.3. The van der Waals surface area contributed by atoms with Crippen molar-refractivity contribution in [1.82, 2.24) is 0 Å². The number of rotatable bonds is 9. The predicted octanol–water partition coefficient (Wildman–Crippen LogP) is 9.21. The smallest absolute Gasteiger partial charge is 0.296 e. The summed E-state index contributed by atoms with van der Waals surface area (Å²) in [6.45, 7) is 1.54. The molecule has 0 radical (unpaired) electrons. The highest BCUT2D eigenvalue weighted by Gasteiger charge is 2.67. The van der Waals surface area contributed by atoms with E-state index in [9.17, 15) is 31.9 Å². The molecule has 14 heteroatoms. The number of amides is 1. The summed E-state index contributed by atoms with van der Waals surface area (Å²) in [5.41, 5.74) is -0.444. The molecule has 3 aromatic carbocycles. The van der Waals surface area contributed by atoms with Gasteiger partial charge in [0.15, 0.2) is 5.78 Å². The van der Waals surface area contributed by atoms with Crippen LogP contribution < -0.4 is 5.32 Å². The maximum atomic E-state index is 15.0. The maximum absolute atomic E-state index is 15.0. The second-order valence-corrected chi connectivity index (χ2v) is 12.6. The van der Waals surface area contributed by atoms with Gasteiger partial charge in [-0.1, -0.05) is 52.5 Å². The summed E-state index contributed by atoms with van der Waals surface area (Å²) in [5.74, 6) is -7.07. The van der Waals surface area contributed by atoms with Crippen LogP contribution in [0.1, 0.15) is 38.5 Å². The highest BCUT2D eigenvalue weighted by atomic mass is 35.5. The third-order valence-electron chi connectivity index (χ3n) is 6.74. The number of nitrogens with one attached hydrogen (secondary N) is 1. The van der Waals surface area contributed by atoms with Crippen LogP contribution >= 0.6 is 69.6 Å². The van der Waals surface area contributed by atoms with Crippen molar-refractivity contribution in [2.45, 2.75) is 36.4 Å². The number of hydrogen-bond donors (Lipinski definition) is 1. The van der Waals surface area contributed by atoms with Crippen molar-refractivity contribution < 1.29 is 31.9 Å². The normalized spacial score (nSPS) is 17.3. The summed E-state index contributed by atoms with van der Waals surface area (Å²) in [7, 11) is 0. The highest BCUT2D eigenvalue weighted by Crippen LogP contribution is 2.65. The van der Waals surface area contributed by atoms with Crippen LogP contribution in [0.15, 0.2) is 36.4 Å². The summed E-state index contributed by atoms with van der Waals surface area (Å²) in [4.78, 5) is 37.7. The Morgan fingerprint density at radius 1 is 0.929 bits per heavy atom. The Bertz CT molecular complexity index is 1610. The Morgan fingerprint density at radius 3 is 2.14 bits per heavy atom. The lowest BCUT2D eigenvalue weighted by atomic mass is 9.97. The van der Waals surface area contributed by atoms with Gasteiger partial charge in [-0.15, -0.1) is 23.2 Å². The third kappa shape index (κ3) is 6.54. The first kappa shape index (κ1) is 32.8. The number of hydrogen-bond acceptors (Lipinski definition) is 3. The van der Waals surface area contributed by atoms with Crippen LogP contribution in [0.5, 0.6) is 0 Å². The number of ketones is 2. The monoisotopic (exact) mass is 701 g/mol. The molecule has 1 aliphatic rings. The summed E-state index contributed by atoms with van der Waals surface area (Å²) in [5, 5.41) is 3.00. The molecule has 4 rings (SSSR count). The van der Waals surface area contributed by atoms with Gasteiger partial charge in [0.25, 0.3) is 6.43 Å². The molecule has 1 aliphatic carbocycles. The molecule has 0 heterocycles. The molecular weight excluding hydrogens is 687 g/mol. The summed E-state index contributed by atoms with van der Waals surface area (Å²) < 4.78 is 53.2. The summed E-state index contributed by atoms with van der Waals surface area (Å²) in [6.07, 6.45) is -5.17. The van der Waals surface area contributed by atoms with Crippen molar-refractivity contribution in [3.63, 3.8) is 0 Å². The van der Waals surface area contributed by atoms with E-state index in [0.717, 1.165) is 12.1 Å². The Labute approximate surface area is 267 Å². The fraction of sp³-hybridized carbons (Fsp3) is 0.250. The number of anilines is 1. The first-order valence-electron chi connectivity index (χ1n) is 12.0. The molecule has 0 aromatic heterocycles. The SMILES string of the molecule is Cc1cc(NC(=O)[C@H]2[C@H](c3cc(Cl)c(Cl)c(Cl)c3)C2(Cl)Cl)cc(C(=O)Cc2c(F)ccc(CC(=O)C(F)F)c2F)c1Cl. The van der Waals surface area contributed by atoms with Crippen LogP contribution in [0.2, 0.25) is 20.1 Å². The van der Waals surface area contributed by atoms with E-state index in [1.807, 2.05) is 0 Å². The zero-order valence-electron chi connectivity index (χ0n) is 21.1. The standard InChI is InChI=1S/C28H17Cl6F4NO3/c1-10-4-13(39-27(42)22-21(28(22,33)34)12-5-16(29)24(32)17(30)6-12)8-15(23(10)31)19(40)9-14-18(35)3-2-11(25(14)36)7-20(41)26(37)38/h2-6,8,21-22,26H,7,9H2,1H3,(H,39,42)/t21-,22+/m0/s1. The van der Waals surface area contributed by atoms with E-state index < -0.39 is 75.7 Å². The molecule has 1 N–H and O–H groups in total. The van der Waals surface area contributed by atoms with Gasteiger partial charge in [0, 0.05) is 35.6 Å². The van der Waals surface area contributed by atoms with E-state index in [1.54, 1.807) is 0 Å². The summed E-state index contributed by atoms with van der Waals surface area (Å²) in [6, 6.07) is 7.30. The molecule has 1 fully saturated rings. The molecule has 0 aliphatic heterocycles. The van der Waals surface area contributed by atoms with Crippen LogP contribution in [0, 0.1) is 24.5 Å². The molecule has 1 amide bonds. The lowest BCUT2D eigenvalue weighted by molar-refractivity contribution is -0.128. The second kappa shape index (κ2) is 12.5. The molecule has 3 aromatic rings. The fourth-order valence-corrected chi connectivity index (χ4v) is 6.21. The van der Waals surface area contributed by atoms with Crippen LogP contribution in [0.3, 0.4) is 0 Å². The van der Waals surface area contributed by atoms with Gasteiger partial charge in [-0.05, 0) is 53.9 Å². The minimum Gasteiger partial charge on any atom is -0.326 e. The minimum atomic E-state index is -3.34. The van der Waals surface area contributed by atoms with Gasteiger partial charge < -0.3 is 5.32 Å². The first-order chi connectivity index (χ1) is 19.5. The quantitative estimate of drug-likeness (QED) is 0.105. The number of alkyl halides is 4. The van der Waals surface area contributed by atoms with Crippen molar-refractivity contribution >= 4 is 92.8 Å². The largest absolute Gasteiger partial charge is 0.326 e. The van der Waals surface area contributed by atoms with E-state index in [-0.39, 0.29) is 31.3 Å². The minimum absolute atomic E-state index is 0.0402. The van der Waals surface area contributed by atoms with Gasteiger partial charge in [-0.3, -0.25) is 14.4 Å². The molecule has 2 atom stereocenters. The van der Waals surface area contributed by atoms with Crippen molar-refractivity contribution in [3.8, 4) is 0 Å². The Morgan fingerprint density at radius 2 is 1.55 bits per heavy atom. The number of carbonyl (C=O) groups excluding carboxylic acids is 3. The third-order valence-corrected chi connectivity index (χ3v) is 9.37. The van der Waals surface area contributed by atoms with Gasteiger partial charge in [-0.2, -0.15) is 0 Å². The average Bonchev–Trinajstić information content (AvgIpc) is 3.49. The molecule has 0 unspecified atom stereocenters. The second-order valence-electron chi connectivity index (χ2n) is 9.62. The van der Waals surface area contributed by atoms with Crippen molar-refractivity contribution in [2.24, 2.45) is 5.92 Å². The predicted molar refractivity (Wildman–Crippen MR) is 156 cm³/mol. The molecule has 0 bridgehead atoms. The molecule has 0 saturated heterocycles. The van der Waals surface area contributed by atoms with Crippen molar-refractivity contribution in [2.75, 3.05) is 5.32 Å². The van der Waals surface area contributed by atoms with Crippen molar-refractivity contribution in [1.29, 1.82) is 0 Å². The number of halogens is 10. The number of benzene rings is 3.